The van der Waals surface area contributed by atoms with E-state index in [1.807, 2.05) is 0 Å². The number of rotatable bonds is 9. The molecule has 1 heterocycles. The fraction of sp³-hybridized carbons (Fsp3) is 1.00. The molecular weight excluding hydrogens is 224 g/mol. The molecule has 0 saturated carbocycles. The zero-order valence-corrected chi connectivity index (χ0v) is 12.4. The smallest absolute Gasteiger partial charge is 0.0702 e. The van der Waals surface area contributed by atoms with E-state index in [1.165, 1.54) is 45.1 Å². The molecule has 108 valence electrons. The van der Waals surface area contributed by atoms with Gasteiger partial charge in [0.1, 0.15) is 0 Å². The normalized spacial score (nSPS) is 23.2. The third-order valence-electron chi connectivity index (χ3n) is 3.90. The lowest BCUT2D eigenvalue weighted by molar-refractivity contribution is -0.0127. The molecule has 0 amide bonds. The Bertz CT molecular complexity index is 199. The minimum absolute atomic E-state index is 0.443. The van der Waals surface area contributed by atoms with Gasteiger partial charge in [-0.3, -0.25) is 4.90 Å². The summed E-state index contributed by atoms with van der Waals surface area (Å²) in [6.45, 7) is 8.43. The molecule has 0 aliphatic carbocycles. The second-order valence-electron chi connectivity index (χ2n) is 5.52. The van der Waals surface area contributed by atoms with Crippen LogP contribution in [0.5, 0.6) is 0 Å². The summed E-state index contributed by atoms with van der Waals surface area (Å²) in [6, 6.07) is 0.574. The fourth-order valence-electron chi connectivity index (χ4n) is 2.80. The quantitative estimate of drug-likeness (QED) is 0.645. The van der Waals surface area contributed by atoms with E-state index in [0.717, 1.165) is 26.1 Å². The van der Waals surface area contributed by atoms with Gasteiger partial charge in [-0.1, -0.05) is 33.1 Å². The van der Waals surface area contributed by atoms with Crippen molar-refractivity contribution in [2.75, 3.05) is 26.2 Å². The van der Waals surface area contributed by atoms with Crippen LogP contribution in [-0.4, -0.2) is 43.3 Å². The standard InChI is InChI=1S/C15H32N2O/c1-3-5-6-8-14(12-16)17-10-7-9-15(13-17)18-11-4-2/h14-15H,3-13,16H2,1-2H3. The summed E-state index contributed by atoms with van der Waals surface area (Å²) in [5, 5.41) is 0. The molecule has 0 radical (unpaired) electrons. The largest absolute Gasteiger partial charge is 0.377 e. The van der Waals surface area contributed by atoms with Crippen LogP contribution in [-0.2, 0) is 4.74 Å². The maximum Gasteiger partial charge on any atom is 0.0702 e. The predicted octanol–water partition coefficient (Wildman–Crippen LogP) is 2.79. The summed E-state index contributed by atoms with van der Waals surface area (Å²) >= 11 is 0. The van der Waals surface area contributed by atoms with Crippen LogP contribution in [0.25, 0.3) is 0 Å². The number of unbranched alkanes of at least 4 members (excludes halogenated alkanes) is 2. The van der Waals surface area contributed by atoms with Crippen molar-refractivity contribution < 1.29 is 4.74 Å². The molecule has 1 saturated heterocycles. The van der Waals surface area contributed by atoms with E-state index in [4.69, 9.17) is 10.5 Å². The lowest BCUT2D eigenvalue weighted by atomic mass is 10.0. The van der Waals surface area contributed by atoms with Crippen molar-refractivity contribution in [3.8, 4) is 0 Å². The molecule has 2 unspecified atom stereocenters. The summed E-state index contributed by atoms with van der Waals surface area (Å²) in [7, 11) is 0. The maximum atomic E-state index is 5.95. The highest BCUT2D eigenvalue weighted by atomic mass is 16.5. The molecule has 0 aromatic carbocycles. The van der Waals surface area contributed by atoms with E-state index in [9.17, 15) is 0 Å². The zero-order valence-electron chi connectivity index (χ0n) is 12.4. The molecule has 18 heavy (non-hydrogen) atoms. The van der Waals surface area contributed by atoms with Gasteiger partial charge in [0.2, 0.25) is 0 Å². The van der Waals surface area contributed by atoms with Crippen molar-refractivity contribution in [2.45, 2.75) is 70.9 Å². The summed E-state index contributed by atoms with van der Waals surface area (Å²) in [6.07, 6.45) is 9.24. The molecule has 1 aliphatic heterocycles. The lowest BCUT2D eigenvalue weighted by Gasteiger charge is -2.37. The van der Waals surface area contributed by atoms with Crippen LogP contribution in [0.1, 0.15) is 58.8 Å². The van der Waals surface area contributed by atoms with Gasteiger partial charge in [-0.2, -0.15) is 0 Å². The average Bonchev–Trinajstić information content (AvgIpc) is 2.42. The minimum atomic E-state index is 0.443. The Kier molecular flexibility index (Phi) is 8.64. The minimum Gasteiger partial charge on any atom is -0.377 e. The molecule has 0 spiro atoms. The number of hydrogen-bond donors (Lipinski definition) is 1. The van der Waals surface area contributed by atoms with Crippen molar-refractivity contribution in [1.29, 1.82) is 0 Å². The van der Waals surface area contributed by atoms with Gasteiger partial charge in [0.25, 0.3) is 0 Å². The molecule has 2 N–H and O–H groups in total. The molecule has 2 atom stereocenters. The Morgan fingerprint density at radius 1 is 1.28 bits per heavy atom. The Morgan fingerprint density at radius 2 is 2.11 bits per heavy atom. The summed E-state index contributed by atoms with van der Waals surface area (Å²) in [5.41, 5.74) is 5.95. The predicted molar refractivity (Wildman–Crippen MR) is 77.8 cm³/mol. The van der Waals surface area contributed by atoms with Gasteiger partial charge < -0.3 is 10.5 Å². The Labute approximate surface area is 113 Å². The summed E-state index contributed by atoms with van der Waals surface area (Å²) < 4.78 is 5.90. The van der Waals surface area contributed by atoms with Crippen LogP contribution >= 0.6 is 0 Å². The monoisotopic (exact) mass is 256 g/mol. The third-order valence-corrected chi connectivity index (χ3v) is 3.90. The number of piperidine rings is 1. The molecular formula is C15H32N2O. The van der Waals surface area contributed by atoms with E-state index in [0.29, 0.717) is 12.1 Å². The molecule has 0 aromatic heterocycles. The number of nitrogens with zero attached hydrogens (tertiary/aromatic N) is 1. The van der Waals surface area contributed by atoms with Crippen LogP contribution in [0.3, 0.4) is 0 Å². The topological polar surface area (TPSA) is 38.5 Å². The second-order valence-corrected chi connectivity index (χ2v) is 5.52. The maximum absolute atomic E-state index is 5.95. The lowest BCUT2D eigenvalue weighted by Crippen LogP contribution is -2.48. The number of ether oxygens (including phenoxy) is 1. The van der Waals surface area contributed by atoms with Gasteiger partial charge >= 0.3 is 0 Å². The number of nitrogens with two attached hydrogens (primary N) is 1. The Balaban J connectivity index is 2.32. The summed E-state index contributed by atoms with van der Waals surface area (Å²) in [4.78, 5) is 2.57. The molecule has 3 nitrogen and oxygen atoms in total. The SMILES string of the molecule is CCCCCC(CN)N1CCCC(OCCC)C1. The fourth-order valence-corrected chi connectivity index (χ4v) is 2.80. The number of likely N-dealkylation sites (tertiary alicyclic amines) is 1. The highest BCUT2D eigenvalue weighted by Crippen LogP contribution is 2.18. The van der Waals surface area contributed by atoms with Crippen LogP contribution in [0.4, 0.5) is 0 Å². The molecule has 0 bridgehead atoms. The average molecular weight is 256 g/mol. The van der Waals surface area contributed by atoms with E-state index in [-0.39, 0.29) is 0 Å². The highest BCUT2D eigenvalue weighted by Gasteiger charge is 2.25. The Morgan fingerprint density at radius 3 is 2.78 bits per heavy atom. The molecule has 1 fully saturated rings. The van der Waals surface area contributed by atoms with Gasteiger partial charge in [0.15, 0.2) is 0 Å². The van der Waals surface area contributed by atoms with Crippen LogP contribution in [0.2, 0.25) is 0 Å². The van der Waals surface area contributed by atoms with Crippen molar-refractivity contribution >= 4 is 0 Å². The first-order valence-corrected chi connectivity index (χ1v) is 7.87. The first-order valence-electron chi connectivity index (χ1n) is 7.87. The first kappa shape index (κ1) is 15.9. The van der Waals surface area contributed by atoms with E-state index < -0.39 is 0 Å². The van der Waals surface area contributed by atoms with Crippen molar-refractivity contribution in [1.82, 2.24) is 4.90 Å². The van der Waals surface area contributed by atoms with Gasteiger partial charge in [-0.15, -0.1) is 0 Å². The molecule has 1 aliphatic rings. The van der Waals surface area contributed by atoms with Crippen LogP contribution < -0.4 is 5.73 Å². The van der Waals surface area contributed by atoms with Crippen LogP contribution in [0, 0.1) is 0 Å². The van der Waals surface area contributed by atoms with Gasteiger partial charge in [0.05, 0.1) is 6.10 Å². The van der Waals surface area contributed by atoms with E-state index in [1.54, 1.807) is 0 Å². The number of hydrogen-bond acceptors (Lipinski definition) is 3. The van der Waals surface area contributed by atoms with E-state index in [2.05, 4.69) is 18.7 Å². The summed E-state index contributed by atoms with van der Waals surface area (Å²) in [5.74, 6) is 0. The van der Waals surface area contributed by atoms with E-state index >= 15 is 0 Å². The van der Waals surface area contributed by atoms with Crippen molar-refractivity contribution in [3.63, 3.8) is 0 Å². The molecule has 1 rings (SSSR count). The molecule has 0 aromatic rings. The van der Waals surface area contributed by atoms with Crippen molar-refractivity contribution in [3.05, 3.63) is 0 Å². The van der Waals surface area contributed by atoms with Crippen molar-refractivity contribution in [2.24, 2.45) is 5.73 Å². The van der Waals surface area contributed by atoms with Gasteiger partial charge in [-0.25, -0.2) is 0 Å². The van der Waals surface area contributed by atoms with Gasteiger partial charge in [0, 0.05) is 25.7 Å². The highest BCUT2D eigenvalue weighted by molar-refractivity contribution is 4.80. The van der Waals surface area contributed by atoms with Crippen LogP contribution in [0.15, 0.2) is 0 Å². The molecule has 3 heteroatoms. The Hall–Kier alpha value is -0.120. The first-order chi connectivity index (χ1) is 8.81. The zero-order chi connectivity index (χ0) is 13.2. The second kappa shape index (κ2) is 9.76. The van der Waals surface area contributed by atoms with Gasteiger partial charge in [-0.05, 0) is 32.2 Å². The third kappa shape index (κ3) is 5.68.